The monoisotopic (exact) mass is 479 g/mol. The number of hydrogen-bond acceptors (Lipinski definition) is 8. The minimum Gasteiger partial charge on any atom is -0.343 e. The van der Waals surface area contributed by atoms with Gasteiger partial charge in [-0.15, -0.1) is 0 Å². The van der Waals surface area contributed by atoms with Gasteiger partial charge in [-0.1, -0.05) is 36.4 Å². The maximum Gasteiger partial charge on any atom is 0.207 e. The van der Waals surface area contributed by atoms with Crippen LogP contribution in [0.5, 0.6) is 0 Å². The van der Waals surface area contributed by atoms with Gasteiger partial charge in [-0.25, -0.2) is 16.8 Å². The Bertz CT molecular complexity index is 1220. The van der Waals surface area contributed by atoms with Crippen LogP contribution in [0.25, 0.3) is 0 Å². The van der Waals surface area contributed by atoms with Crippen molar-refractivity contribution in [2.45, 2.75) is 59.0 Å². The molecule has 0 unspecified atom stereocenters. The van der Waals surface area contributed by atoms with E-state index >= 15 is 0 Å². The molecule has 10 heteroatoms. The van der Waals surface area contributed by atoms with Crippen molar-refractivity contribution in [3.8, 4) is 0 Å². The van der Waals surface area contributed by atoms with E-state index in [4.69, 9.17) is 14.3 Å². The van der Waals surface area contributed by atoms with Gasteiger partial charge in [0.2, 0.25) is 9.84 Å². The Morgan fingerprint density at radius 1 is 0.906 bits per heavy atom. The van der Waals surface area contributed by atoms with E-state index in [1.165, 1.54) is 29.3 Å². The fourth-order valence-electron chi connectivity index (χ4n) is 4.93. The van der Waals surface area contributed by atoms with Crippen LogP contribution in [-0.4, -0.2) is 63.2 Å². The first-order valence-electron chi connectivity index (χ1n) is 10.4. The maximum absolute atomic E-state index is 13.4. The van der Waals surface area contributed by atoms with E-state index in [9.17, 15) is 16.8 Å². The summed E-state index contributed by atoms with van der Waals surface area (Å²) in [6.07, 6.45) is -1.11. The number of hydroxylamine groups is 2. The summed E-state index contributed by atoms with van der Waals surface area (Å²) in [5, 5.41) is 1.48. The quantitative estimate of drug-likeness (QED) is 0.644. The van der Waals surface area contributed by atoms with Crippen molar-refractivity contribution in [3.05, 3.63) is 60.7 Å². The predicted molar refractivity (Wildman–Crippen MR) is 115 cm³/mol. The fraction of sp³-hybridized carbons (Fsp3) is 0.455. The first-order chi connectivity index (χ1) is 15.0. The number of hydrogen-bond donors (Lipinski definition) is 0. The van der Waals surface area contributed by atoms with Crippen LogP contribution in [0.3, 0.4) is 0 Å². The van der Waals surface area contributed by atoms with Crippen molar-refractivity contribution in [1.82, 2.24) is 5.06 Å². The molecule has 5 rings (SSSR count). The Morgan fingerprint density at radius 2 is 1.50 bits per heavy atom. The summed E-state index contributed by atoms with van der Waals surface area (Å²) in [5.74, 6) is -1.24. The summed E-state index contributed by atoms with van der Waals surface area (Å²) >= 11 is 0. The zero-order chi connectivity index (χ0) is 22.8. The van der Waals surface area contributed by atoms with Crippen LogP contribution in [0.4, 0.5) is 0 Å². The predicted octanol–water partition coefficient (Wildman–Crippen LogP) is 2.17. The fourth-order valence-corrected chi connectivity index (χ4v) is 8.31. The highest BCUT2D eigenvalue weighted by molar-refractivity contribution is 7.92. The summed E-state index contributed by atoms with van der Waals surface area (Å²) in [6.45, 7) is 3.76. The van der Waals surface area contributed by atoms with Crippen LogP contribution in [0.1, 0.15) is 20.3 Å². The molecule has 0 amide bonds. The van der Waals surface area contributed by atoms with E-state index in [1.807, 2.05) is 0 Å². The molecule has 3 fully saturated rings. The van der Waals surface area contributed by atoms with Crippen LogP contribution in [0, 0.1) is 0 Å². The second-order valence-electron chi connectivity index (χ2n) is 8.93. The van der Waals surface area contributed by atoms with Gasteiger partial charge < -0.3 is 9.47 Å². The van der Waals surface area contributed by atoms with Crippen molar-refractivity contribution >= 4 is 19.7 Å². The molecule has 0 spiro atoms. The first-order valence-corrected chi connectivity index (χ1v) is 13.6. The molecule has 3 aliphatic rings. The van der Waals surface area contributed by atoms with E-state index in [1.54, 1.807) is 50.2 Å². The van der Waals surface area contributed by atoms with Crippen LogP contribution in [0.15, 0.2) is 70.5 Å². The van der Waals surface area contributed by atoms with Gasteiger partial charge in [0.15, 0.2) is 21.1 Å². The van der Waals surface area contributed by atoms with Crippen molar-refractivity contribution in [3.63, 3.8) is 0 Å². The molecule has 2 aromatic carbocycles. The topological polar surface area (TPSA) is 99.2 Å². The zero-order valence-corrected chi connectivity index (χ0v) is 19.4. The Kier molecular flexibility index (Phi) is 5.05. The van der Waals surface area contributed by atoms with Crippen LogP contribution in [-0.2, 0) is 34.0 Å². The molecular formula is C22H25NO7S2. The zero-order valence-electron chi connectivity index (χ0n) is 17.7. The molecule has 172 valence electrons. The van der Waals surface area contributed by atoms with Crippen LogP contribution < -0.4 is 0 Å². The van der Waals surface area contributed by atoms with E-state index < -0.39 is 48.6 Å². The number of sulfone groups is 2. The Labute approximate surface area is 187 Å². The molecule has 3 saturated heterocycles. The SMILES string of the molecule is CC1(C)O[C@@H]2[C@@H](CN3O[C@H](S(=O)(=O)c4ccccc4)C[C@@]23CS(=O)(=O)c2ccccc2)O1. The molecule has 0 N–H and O–H groups in total. The molecule has 2 aromatic rings. The molecule has 3 aliphatic heterocycles. The van der Waals surface area contributed by atoms with Gasteiger partial charge in [0.05, 0.1) is 27.6 Å². The maximum atomic E-state index is 13.4. The van der Waals surface area contributed by atoms with Crippen molar-refractivity contribution in [1.29, 1.82) is 0 Å². The average molecular weight is 480 g/mol. The second-order valence-corrected chi connectivity index (χ2v) is 13.0. The summed E-state index contributed by atoms with van der Waals surface area (Å²) in [4.78, 5) is 6.22. The van der Waals surface area contributed by atoms with Gasteiger partial charge >= 0.3 is 0 Å². The Balaban J connectivity index is 1.54. The lowest BCUT2D eigenvalue weighted by Crippen LogP contribution is -2.53. The van der Waals surface area contributed by atoms with E-state index in [-0.39, 0.29) is 28.5 Å². The molecule has 0 bridgehead atoms. The van der Waals surface area contributed by atoms with Gasteiger partial charge in [0.1, 0.15) is 12.2 Å². The Hall–Kier alpha value is -1.82. The van der Waals surface area contributed by atoms with Gasteiger partial charge in [-0.3, -0.25) is 4.84 Å². The molecule has 0 radical (unpaired) electrons. The van der Waals surface area contributed by atoms with Crippen LogP contribution in [0.2, 0.25) is 0 Å². The number of nitrogens with zero attached hydrogens (tertiary/aromatic N) is 1. The third-order valence-corrected chi connectivity index (χ3v) is 10.0. The summed E-state index contributed by atoms with van der Waals surface area (Å²) in [6, 6.07) is 16.2. The normalized spacial score (nSPS) is 32.0. The third kappa shape index (κ3) is 3.49. The van der Waals surface area contributed by atoms with E-state index in [2.05, 4.69) is 0 Å². The molecule has 3 heterocycles. The van der Waals surface area contributed by atoms with Gasteiger partial charge in [-0.2, -0.15) is 5.06 Å². The van der Waals surface area contributed by atoms with Crippen molar-refractivity contribution in [2.75, 3.05) is 12.3 Å². The lowest BCUT2D eigenvalue weighted by Gasteiger charge is -2.34. The smallest absolute Gasteiger partial charge is 0.207 e. The molecule has 4 atom stereocenters. The number of benzene rings is 2. The minimum absolute atomic E-state index is 0.0447. The first kappa shape index (κ1) is 22.0. The average Bonchev–Trinajstić information content (AvgIpc) is 3.34. The van der Waals surface area contributed by atoms with Gasteiger partial charge in [0.25, 0.3) is 0 Å². The molecule has 0 aromatic heterocycles. The van der Waals surface area contributed by atoms with Crippen molar-refractivity contribution < 1.29 is 31.1 Å². The molecular weight excluding hydrogens is 454 g/mol. The highest BCUT2D eigenvalue weighted by Crippen LogP contribution is 2.51. The molecule has 32 heavy (non-hydrogen) atoms. The largest absolute Gasteiger partial charge is 0.343 e. The lowest BCUT2D eigenvalue weighted by atomic mass is 9.92. The van der Waals surface area contributed by atoms with E-state index in [0.29, 0.717) is 0 Å². The Morgan fingerprint density at radius 3 is 2.12 bits per heavy atom. The van der Waals surface area contributed by atoms with Gasteiger partial charge in [0, 0.05) is 6.42 Å². The third-order valence-electron chi connectivity index (χ3n) is 6.28. The number of rotatable bonds is 5. The second kappa shape index (κ2) is 7.34. The van der Waals surface area contributed by atoms with Crippen LogP contribution >= 0.6 is 0 Å². The molecule has 8 nitrogen and oxygen atoms in total. The highest BCUT2D eigenvalue weighted by atomic mass is 32.2. The van der Waals surface area contributed by atoms with E-state index in [0.717, 1.165) is 0 Å². The standard InChI is InChI=1S/C22H25NO7S2/c1-21(2)28-18-14-23-22(20(18)29-21,15-31(24,25)16-9-5-3-6-10-16)13-19(30-23)32(26,27)17-11-7-4-8-12-17/h3-12,18-20H,13-15H2,1-2H3/t18-,19-,20-,22-/m1/s1. The summed E-state index contributed by atoms with van der Waals surface area (Å²) < 4.78 is 65.4. The van der Waals surface area contributed by atoms with Crippen molar-refractivity contribution in [2.24, 2.45) is 0 Å². The minimum atomic E-state index is -3.85. The molecule has 0 saturated carbocycles. The lowest BCUT2D eigenvalue weighted by molar-refractivity contribution is -0.213. The number of ether oxygens (including phenoxy) is 2. The highest BCUT2D eigenvalue weighted by Gasteiger charge is 2.68. The molecule has 0 aliphatic carbocycles. The number of fused-ring (bicyclic) bond motifs is 3. The summed E-state index contributed by atoms with van der Waals surface area (Å²) in [7, 11) is -7.62. The van der Waals surface area contributed by atoms with Gasteiger partial charge in [-0.05, 0) is 38.1 Å². The summed E-state index contributed by atoms with van der Waals surface area (Å²) in [5.41, 5.74) is -2.41.